The number of carboxylic acid groups (broad SMARTS) is 4. The highest BCUT2D eigenvalue weighted by Crippen LogP contribution is 2.22. The highest BCUT2D eigenvalue weighted by atomic mass is 127. The van der Waals surface area contributed by atoms with Gasteiger partial charge < -0.3 is 41.5 Å². The summed E-state index contributed by atoms with van der Waals surface area (Å²) in [5.74, 6) is -3.74. The third-order valence-electron chi connectivity index (χ3n) is 10.7. The molecule has 0 radical (unpaired) electrons. The van der Waals surface area contributed by atoms with Gasteiger partial charge in [0.1, 0.15) is 0 Å². The van der Waals surface area contributed by atoms with Crippen molar-refractivity contribution < 1.29 is 54.4 Å². The highest BCUT2D eigenvalue weighted by Gasteiger charge is 2.12. The average molecular weight is 1110 g/mol. The van der Waals surface area contributed by atoms with E-state index in [2.05, 4.69) is 52.2 Å². The number of hydrogen-bond acceptors (Lipinski definition) is 8. The van der Waals surface area contributed by atoms with Crippen molar-refractivity contribution in [2.45, 2.75) is 38.5 Å². The van der Waals surface area contributed by atoms with Crippen molar-refractivity contribution in [1.29, 1.82) is 0 Å². The van der Waals surface area contributed by atoms with Gasteiger partial charge in [-0.1, -0.05) is 176 Å². The fourth-order valence-corrected chi connectivity index (χ4v) is 7.07. The van der Waals surface area contributed by atoms with Crippen LogP contribution in [0, 0.1) is 3.57 Å². The summed E-state index contributed by atoms with van der Waals surface area (Å²) in [6.45, 7) is 0. The zero-order valence-corrected chi connectivity index (χ0v) is 42.4. The molecule has 0 aliphatic carbocycles. The van der Waals surface area contributed by atoms with Crippen LogP contribution in [0.2, 0.25) is 0 Å². The largest absolute Gasteiger partial charge is 0.488 e. The third kappa shape index (κ3) is 21.9. The van der Waals surface area contributed by atoms with Crippen molar-refractivity contribution in [2.75, 3.05) is 11.1 Å². The first-order chi connectivity index (χ1) is 35.6. The average Bonchev–Trinajstić information content (AvgIpc) is 3.41. The molecule has 0 fully saturated rings. The monoisotopic (exact) mass is 1110 g/mol. The van der Waals surface area contributed by atoms with Crippen molar-refractivity contribution in [3.8, 4) is 22.3 Å². The molecular formula is C59H56BIN2O11. The molecule has 8 aromatic rings. The molecule has 1 amide bonds. The Morgan fingerprint density at radius 3 is 1.15 bits per heavy atom. The Kier molecular flexibility index (Phi) is 25.1. The lowest BCUT2D eigenvalue weighted by atomic mass is 9.81. The molecule has 0 aromatic heterocycles. The van der Waals surface area contributed by atoms with Gasteiger partial charge in [0.2, 0.25) is 5.91 Å². The maximum atomic E-state index is 12.1. The number of rotatable bonds is 15. The minimum atomic E-state index is -1.34. The van der Waals surface area contributed by atoms with E-state index >= 15 is 0 Å². The van der Waals surface area contributed by atoms with Crippen LogP contribution in [0.3, 0.4) is 0 Å². The number of carbonyl (C=O) groups is 5. The number of aliphatic carboxylic acids is 2. The minimum Gasteiger partial charge on any atom is -0.481 e. The van der Waals surface area contributed by atoms with Gasteiger partial charge in [-0.2, -0.15) is 0 Å². The quantitative estimate of drug-likeness (QED) is 0.0272. The molecule has 8 aromatic carbocycles. The van der Waals surface area contributed by atoms with Crippen molar-refractivity contribution in [3.05, 3.63) is 244 Å². The molecule has 8 rings (SSSR count). The SMILES string of the molecule is Nc1ccccc1C(=O)O.O=C(CCc1ccc(-c2ccccc2)cc1)Nc1ccccc1C(=O)O.O=C(O)CCc1ccc(-c2ccccc2)cc1.O=C(O)CCc1ccc(I)cc1.OB(O)c1ccccc1. The smallest absolute Gasteiger partial charge is 0.481 e. The Hall–Kier alpha value is -8.38. The predicted molar refractivity (Wildman–Crippen MR) is 299 cm³/mol. The number of halogens is 1. The zero-order chi connectivity index (χ0) is 53.7. The molecular weight excluding hydrogens is 1050 g/mol. The van der Waals surface area contributed by atoms with Gasteiger partial charge in [0.25, 0.3) is 0 Å². The van der Waals surface area contributed by atoms with Gasteiger partial charge in [-0.05, 0) is 123 Å². The van der Waals surface area contributed by atoms with Crippen LogP contribution in [0.5, 0.6) is 0 Å². The molecule has 0 atom stereocenters. The van der Waals surface area contributed by atoms with Gasteiger partial charge in [0, 0.05) is 28.5 Å². The molecule has 378 valence electrons. The van der Waals surface area contributed by atoms with Gasteiger partial charge in [0.05, 0.1) is 16.8 Å². The topological polar surface area (TPSA) is 245 Å². The number of para-hydroxylation sites is 2. The number of carboxylic acids is 4. The summed E-state index contributed by atoms with van der Waals surface area (Å²) < 4.78 is 1.17. The number of aromatic carboxylic acids is 2. The lowest BCUT2D eigenvalue weighted by Gasteiger charge is -2.08. The van der Waals surface area contributed by atoms with Crippen LogP contribution in [0.1, 0.15) is 56.7 Å². The Morgan fingerprint density at radius 1 is 0.419 bits per heavy atom. The standard InChI is InChI=1S/C22H19NO3.C15H14O2.C9H9IO2.C7H7NO2.C6H7BO2/c24-21(23-20-9-5-4-8-19(20)22(25)26)15-12-16-10-13-18(14-11-16)17-6-2-1-3-7-17;16-15(17)11-8-12-6-9-14(10-7-12)13-4-2-1-3-5-13;10-8-4-1-7(2-5-8)3-6-9(11)12;8-6-4-2-1-3-5(6)7(9)10;8-7(9)6-4-2-1-3-5-6/h1-11,13-14H,12,15H2,(H,23,24)(H,25,26);1-7,9-10H,8,11H2,(H,16,17);1-2,4-5H,3,6H2,(H,11,12);1-4H,8H2,(H,9,10);1-5,8-9H. The van der Waals surface area contributed by atoms with Crippen molar-refractivity contribution in [2.24, 2.45) is 0 Å². The number of anilines is 2. The van der Waals surface area contributed by atoms with E-state index < -0.39 is 31.0 Å². The number of hydrogen-bond donors (Lipinski definition) is 8. The number of amides is 1. The van der Waals surface area contributed by atoms with Crippen LogP contribution in [-0.4, -0.2) is 67.4 Å². The number of nitrogens with one attached hydrogen (secondary N) is 1. The van der Waals surface area contributed by atoms with E-state index in [0.29, 0.717) is 42.5 Å². The van der Waals surface area contributed by atoms with E-state index in [1.165, 1.54) is 21.3 Å². The number of carbonyl (C=O) groups excluding carboxylic acids is 1. The normalized spacial score (nSPS) is 9.88. The molecule has 74 heavy (non-hydrogen) atoms. The Balaban J connectivity index is 0.000000214. The summed E-state index contributed by atoms with van der Waals surface area (Å²) in [6, 6.07) is 65.7. The number of nitrogens with two attached hydrogens (primary N) is 1. The van der Waals surface area contributed by atoms with Gasteiger partial charge in [-0.3, -0.25) is 14.4 Å². The van der Waals surface area contributed by atoms with Crippen LogP contribution in [0.25, 0.3) is 22.3 Å². The molecule has 0 spiro atoms. The second-order valence-corrected chi connectivity index (χ2v) is 17.4. The molecule has 0 heterocycles. The van der Waals surface area contributed by atoms with E-state index in [1.807, 2.05) is 115 Å². The summed E-state index contributed by atoms with van der Waals surface area (Å²) in [4.78, 5) is 54.4. The molecule has 0 bridgehead atoms. The van der Waals surface area contributed by atoms with Crippen LogP contribution in [0.4, 0.5) is 11.4 Å². The van der Waals surface area contributed by atoms with E-state index in [-0.39, 0.29) is 29.9 Å². The molecule has 9 N–H and O–H groups in total. The lowest BCUT2D eigenvalue weighted by molar-refractivity contribution is -0.138. The Labute approximate surface area is 443 Å². The molecule has 0 aliphatic rings. The lowest BCUT2D eigenvalue weighted by Crippen LogP contribution is -2.29. The highest BCUT2D eigenvalue weighted by molar-refractivity contribution is 14.1. The van der Waals surface area contributed by atoms with E-state index in [1.54, 1.807) is 60.7 Å². The molecule has 0 unspecified atom stereocenters. The molecule has 0 saturated heterocycles. The number of benzene rings is 8. The summed E-state index contributed by atoms with van der Waals surface area (Å²) >= 11 is 2.22. The maximum Gasteiger partial charge on any atom is 0.488 e. The maximum absolute atomic E-state index is 12.1. The van der Waals surface area contributed by atoms with Gasteiger partial charge >= 0.3 is 31.0 Å². The molecule has 0 saturated carbocycles. The summed E-state index contributed by atoms with van der Waals surface area (Å²) in [6.07, 6.45) is 2.48. The molecule has 0 aliphatic heterocycles. The van der Waals surface area contributed by atoms with Crippen LogP contribution in [-0.2, 0) is 33.6 Å². The fourth-order valence-electron chi connectivity index (χ4n) is 6.71. The summed E-state index contributed by atoms with van der Waals surface area (Å²) in [5.41, 5.74) is 14.6. The molecule has 15 heteroatoms. The first kappa shape index (κ1) is 58.2. The van der Waals surface area contributed by atoms with Crippen LogP contribution in [0.15, 0.2) is 212 Å². The van der Waals surface area contributed by atoms with E-state index in [9.17, 15) is 24.0 Å². The zero-order valence-electron chi connectivity index (χ0n) is 40.2. The molecule has 13 nitrogen and oxygen atoms in total. The second kappa shape index (κ2) is 31.9. The van der Waals surface area contributed by atoms with Crippen molar-refractivity contribution in [1.82, 2.24) is 0 Å². The summed E-state index contributed by atoms with van der Waals surface area (Å²) in [5, 5.41) is 54.5. The van der Waals surface area contributed by atoms with Gasteiger partial charge in [-0.15, -0.1) is 0 Å². The Bertz CT molecular complexity index is 2980. The third-order valence-corrected chi connectivity index (χ3v) is 11.4. The Morgan fingerprint density at radius 2 is 0.770 bits per heavy atom. The van der Waals surface area contributed by atoms with Crippen molar-refractivity contribution >= 4 is 76.3 Å². The van der Waals surface area contributed by atoms with Crippen LogP contribution < -0.4 is 16.5 Å². The first-order valence-corrected chi connectivity index (χ1v) is 24.2. The van der Waals surface area contributed by atoms with E-state index in [0.717, 1.165) is 33.4 Å². The predicted octanol–water partition coefficient (Wildman–Crippen LogP) is 10.6. The number of aryl methyl sites for hydroxylation is 3. The number of nitrogen functional groups attached to an aromatic ring is 1. The first-order valence-electron chi connectivity index (χ1n) is 23.2. The van der Waals surface area contributed by atoms with E-state index in [4.69, 9.17) is 36.2 Å². The van der Waals surface area contributed by atoms with Gasteiger partial charge in [-0.25, -0.2) is 9.59 Å². The van der Waals surface area contributed by atoms with Crippen LogP contribution >= 0.6 is 22.6 Å². The summed E-state index contributed by atoms with van der Waals surface area (Å²) in [7, 11) is -1.34. The fraction of sp³-hybridized carbons (Fsp3) is 0.102. The minimum absolute atomic E-state index is 0.0908. The van der Waals surface area contributed by atoms with Crippen molar-refractivity contribution in [3.63, 3.8) is 0 Å². The second-order valence-electron chi connectivity index (χ2n) is 16.1. The van der Waals surface area contributed by atoms with Gasteiger partial charge in [0.15, 0.2) is 0 Å².